The molecule has 8 heteroatoms. The highest BCUT2D eigenvalue weighted by molar-refractivity contribution is 5.85. The van der Waals surface area contributed by atoms with Gasteiger partial charge in [-0.2, -0.15) is 9.55 Å². The second-order valence-corrected chi connectivity index (χ2v) is 4.69. The third kappa shape index (κ3) is 2.04. The molecule has 0 unspecified atom stereocenters. The highest BCUT2D eigenvalue weighted by atomic mass is 16.6. The minimum Gasteiger partial charge on any atom is -0.443 e. The number of anilines is 1. The minimum absolute atomic E-state index is 0.0988. The van der Waals surface area contributed by atoms with Crippen LogP contribution in [0.5, 0.6) is 0 Å². The average molecular weight is 251 g/mol. The number of nitrogens with two attached hydrogens (primary N) is 1. The number of hydrogen-bond acceptors (Lipinski definition) is 6. The van der Waals surface area contributed by atoms with Crippen LogP contribution in [-0.2, 0) is 4.74 Å². The second-order valence-electron chi connectivity index (χ2n) is 4.69. The average Bonchev–Trinajstić information content (AvgIpc) is 2.63. The van der Waals surface area contributed by atoms with Crippen molar-refractivity contribution in [3.63, 3.8) is 0 Å². The molecular weight excluding hydrogens is 238 g/mol. The van der Waals surface area contributed by atoms with E-state index in [9.17, 15) is 9.59 Å². The highest BCUT2D eigenvalue weighted by Crippen LogP contribution is 2.13. The fourth-order valence-electron chi connectivity index (χ4n) is 1.42. The number of hydrogen-bond donors (Lipinski definition) is 2. The van der Waals surface area contributed by atoms with Crippen LogP contribution in [0.2, 0.25) is 0 Å². The molecule has 0 radical (unpaired) electrons. The maximum Gasteiger partial charge on any atom is 0.423 e. The summed E-state index contributed by atoms with van der Waals surface area (Å²) in [5.74, 6) is -0.256. The molecular formula is C10H13N5O3. The summed E-state index contributed by atoms with van der Waals surface area (Å²) < 4.78 is 6.13. The predicted molar refractivity (Wildman–Crippen MR) is 64.2 cm³/mol. The Balaban J connectivity index is 2.61. The molecule has 2 rings (SSSR count). The van der Waals surface area contributed by atoms with E-state index in [1.54, 1.807) is 20.8 Å². The van der Waals surface area contributed by atoms with Crippen molar-refractivity contribution in [3.05, 3.63) is 16.7 Å². The van der Waals surface area contributed by atoms with E-state index < -0.39 is 17.3 Å². The Hall–Kier alpha value is -2.38. The van der Waals surface area contributed by atoms with Gasteiger partial charge in [-0.25, -0.2) is 9.78 Å². The topological polar surface area (TPSA) is 116 Å². The van der Waals surface area contributed by atoms with Crippen molar-refractivity contribution in [2.45, 2.75) is 26.4 Å². The Morgan fingerprint density at radius 2 is 2.17 bits per heavy atom. The lowest BCUT2D eigenvalue weighted by atomic mass is 10.2. The Labute approximate surface area is 102 Å². The molecule has 2 heterocycles. The molecule has 0 fully saturated rings. The first kappa shape index (κ1) is 12.1. The van der Waals surface area contributed by atoms with Crippen molar-refractivity contribution < 1.29 is 9.53 Å². The number of fused-ring (bicyclic) bond motifs is 1. The number of imidazole rings is 1. The summed E-state index contributed by atoms with van der Waals surface area (Å²) >= 11 is 0. The van der Waals surface area contributed by atoms with E-state index in [0.717, 1.165) is 4.57 Å². The molecule has 2 aromatic heterocycles. The normalized spacial score (nSPS) is 11.7. The van der Waals surface area contributed by atoms with Crippen molar-refractivity contribution in [2.24, 2.45) is 0 Å². The quantitative estimate of drug-likeness (QED) is 0.703. The van der Waals surface area contributed by atoms with E-state index in [2.05, 4.69) is 15.0 Å². The molecule has 0 saturated carbocycles. The number of carbonyl (C=O) groups excluding carboxylic acids is 1. The fraction of sp³-hybridized carbons (Fsp3) is 0.400. The zero-order valence-corrected chi connectivity index (χ0v) is 10.2. The molecule has 0 aliphatic heterocycles. The Bertz CT molecular complexity index is 664. The molecule has 18 heavy (non-hydrogen) atoms. The van der Waals surface area contributed by atoms with Crippen LogP contribution in [0.25, 0.3) is 11.2 Å². The molecule has 0 saturated heterocycles. The number of aromatic amines is 1. The van der Waals surface area contributed by atoms with Crippen LogP contribution in [0.1, 0.15) is 20.8 Å². The summed E-state index contributed by atoms with van der Waals surface area (Å²) in [6.07, 6.45) is 0.554. The third-order valence-corrected chi connectivity index (χ3v) is 2.07. The zero-order valence-electron chi connectivity index (χ0n) is 10.2. The van der Waals surface area contributed by atoms with Crippen LogP contribution in [0.4, 0.5) is 10.7 Å². The standard InChI is InChI=1S/C10H13N5O3/c1-10(2,3)18-9(17)15-6-5(12-4-13-6)7(16)14-8(15)11/h4H,1-3H3,(H,12,13)(H2,11,14,16). The molecule has 8 nitrogen and oxygen atoms in total. The molecule has 0 aromatic carbocycles. The molecule has 2 aromatic rings. The lowest BCUT2D eigenvalue weighted by Gasteiger charge is -2.20. The summed E-state index contributed by atoms with van der Waals surface area (Å²) in [7, 11) is 0. The van der Waals surface area contributed by atoms with Gasteiger partial charge < -0.3 is 15.5 Å². The van der Waals surface area contributed by atoms with E-state index in [4.69, 9.17) is 10.5 Å². The van der Waals surface area contributed by atoms with Gasteiger partial charge in [-0.3, -0.25) is 4.79 Å². The van der Waals surface area contributed by atoms with Gasteiger partial charge in [0.2, 0.25) is 5.95 Å². The first-order valence-corrected chi connectivity index (χ1v) is 5.24. The van der Waals surface area contributed by atoms with Crippen molar-refractivity contribution >= 4 is 23.2 Å². The molecule has 96 valence electrons. The maximum atomic E-state index is 12.0. The van der Waals surface area contributed by atoms with Gasteiger partial charge in [0.1, 0.15) is 5.60 Å². The molecule has 0 bridgehead atoms. The van der Waals surface area contributed by atoms with Crippen LogP contribution in [0, 0.1) is 0 Å². The number of nitrogens with one attached hydrogen (secondary N) is 1. The molecule has 3 N–H and O–H groups in total. The fourth-order valence-corrected chi connectivity index (χ4v) is 1.42. The van der Waals surface area contributed by atoms with Crippen LogP contribution in [0.3, 0.4) is 0 Å². The van der Waals surface area contributed by atoms with Gasteiger partial charge in [0.15, 0.2) is 11.2 Å². The molecule has 0 aliphatic carbocycles. The number of aromatic nitrogens is 4. The van der Waals surface area contributed by atoms with Crippen LogP contribution < -0.4 is 11.3 Å². The van der Waals surface area contributed by atoms with Gasteiger partial charge in [0.05, 0.1) is 6.33 Å². The Kier molecular flexibility index (Phi) is 2.57. The van der Waals surface area contributed by atoms with Gasteiger partial charge in [-0.15, -0.1) is 0 Å². The lowest BCUT2D eigenvalue weighted by molar-refractivity contribution is 0.0545. The smallest absolute Gasteiger partial charge is 0.423 e. The van der Waals surface area contributed by atoms with Crippen molar-refractivity contribution in [3.8, 4) is 0 Å². The van der Waals surface area contributed by atoms with Crippen LogP contribution in [0.15, 0.2) is 11.1 Å². The highest BCUT2D eigenvalue weighted by Gasteiger charge is 2.22. The summed E-state index contributed by atoms with van der Waals surface area (Å²) in [4.78, 5) is 33.5. The minimum atomic E-state index is -0.732. The predicted octanol–water partition coefficient (Wildman–Crippen LogP) is 0.485. The van der Waals surface area contributed by atoms with Crippen molar-refractivity contribution in [2.75, 3.05) is 5.73 Å². The van der Waals surface area contributed by atoms with Crippen LogP contribution >= 0.6 is 0 Å². The first-order valence-electron chi connectivity index (χ1n) is 5.24. The van der Waals surface area contributed by atoms with Crippen molar-refractivity contribution in [1.82, 2.24) is 19.5 Å². The summed E-state index contributed by atoms with van der Waals surface area (Å²) in [6, 6.07) is 0. The monoisotopic (exact) mass is 251 g/mol. The second kappa shape index (κ2) is 3.83. The summed E-state index contributed by atoms with van der Waals surface area (Å²) in [6.45, 7) is 5.16. The largest absolute Gasteiger partial charge is 0.443 e. The van der Waals surface area contributed by atoms with Gasteiger partial charge in [-0.05, 0) is 20.8 Å². The zero-order chi connectivity index (χ0) is 13.5. The van der Waals surface area contributed by atoms with Crippen molar-refractivity contribution in [1.29, 1.82) is 0 Å². The number of nitrogen functional groups attached to an aromatic ring is 1. The molecule has 0 aliphatic rings. The van der Waals surface area contributed by atoms with E-state index in [-0.39, 0.29) is 17.1 Å². The Morgan fingerprint density at radius 3 is 2.78 bits per heavy atom. The first-order chi connectivity index (χ1) is 8.29. The number of rotatable bonds is 0. The number of ether oxygens (including phenoxy) is 1. The van der Waals surface area contributed by atoms with E-state index in [0.29, 0.717) is 0 Å². The van der Waals surface area contributed by atoms with Crippen LogP contribution in [-0.4, -0.2) is 31.2 Å². The van der Waals surface area contributed by atoms with Gasteiger partial charge >= 0.3 is 11.7 Å². The molecule has 0 atom stereocenters. The van der Waals surface area contributed by atoms with Gasteiger partial charge in [0.25, 0.3) is 0 Å². The Morgan fingerprint density at radius 1 is 1.50 bits per heavy atom. The van der Waals surface area contributed by atoms with E-state index in [1.165, 1.54) is 6.33 Å². The number of H-pyrrole nitrogens is 1. The summed E-state index contributed by atoms with van der Waals surface area (Å²) in [5, 5.41) is 0. The SMILES string of the molecule is CC(C)(C)OC(=O)n1c(N)nc(=O)c2[nH]cnc21. The van der Waals surface area contributed by atoms with Gasteiger partial charge in [0, 0.05) is 0 Å². The maximum absolute atomic E-state index is 12.0. The molecule has 0 amide bonds. The van der Waals surface area contributed by atoms with E-state index >= 15 is 0 Å². The summed E-state index contributed by atoms with van der Waals surface area (Å²) in [5.41, 5.74) is 4.51. The molecule has 0 spiro atoms. The van der Waals surface area contributed by atoms with Gasteiger partial charge in [-0.1, -0.05) is 0 Å². The van der Waals surface area contributed by atoms with E-state index in [1.807, 2.05) is 0 Å². The number of nitrogens with zero attached hydrogens (tertiary/aromatic N) is 3. The number of carbonyl (C=O) groups is 1. The lowest BCUT2D eigenvalue weighted by Crippen LogP contribution is -2.30. The third-order valence-electron chi connectivity index (χ3n) is 2.07.